The van der Waals surface area contributed by atoms with E-state index in [1.807, 2.05) is 13.8 Å². The lowest BCUT2D eigenvalue weighted by molar-refractivity contribution is -0.149. The van der Waals surface area contributed by atoms with Gasteiger partial charge >= 0.3 is 5.97 Å². The second-order valence-electron chi connectivity index (χ2n) is 5.52. The number of hydrogen-bond acceptors (Lipinski definition) is 3. The number of methoxy groups -OCH3 is 1. The number of carbonyl (C=O) groups excluding carboxylic acids is 1. The number of amides is 1. The minimum Gasteiger partial charge on any atom is -0.481 e. The lowest BCUT2D eigenvalue weighted by atomic mass is 9.78. The molecule has 0 aliphatic heterocycles. The van der Waals surface area contributed by atoms with Crippen molar-refractivity contribution >= 4 is 11.9 Å². The summed E-state index contributed by atoms with van der Waals surface area (Å²) in [6.07, 6.45) is 3.08. The van der Waals surface area contributed by atoms with Crippen LogP contribution in [0.4, 0.5) is 0 Å². The number of aliphatic carboxylic acids is 1. The molecule has 1 saturated carbocycles. The van der Waals surface area contributed by atoms with Crippen molar-refractivity contribution in [1.82, 2.24) is 5.32 Å². The first-order valence-electron chi connectivity index (χ1n) is 6.43. The normalized spacial score (nSPS) is 24.6. The zero-order chi connectivity index (χ0) is 13.8. The summed E-state index contributed by atoms with van der Waals surface area (Å²) in [7, 11) is 1.59. The number of rotatable bonds is 5. The molecule has 5 heteroatoms. The minimum absolute atomic E-state index is 0.160. The second kappa shape index (κ2) is 6.18. The van der Waals surface area contributed by atoms with E-state index < -0.39 is 23.4 Å². The van der Waals surface area contributed by atoms with Gasteiger partial charge in [0.2, 0.25) is 5.91 Å². The number of carbonyl (C=O) groups is 2. The molecular formula is C13H23NO4. The fraction of sp³-hybridized carbons (Fsp3) is 0.846. The molecule has 2 atom stereocenters. The largest absolute Gasteiger partial charge is 0.481 e. The van der Waals surface area contributed by atoms with Gasteiger partial charge in [0.1, 0.15) is 0 Å². The molecule has 18 heavy (non-hydrogen) atoms. The summed E-state index contributed by atoms with van der Waals surface area (Å²) in [5, 5.41) is 11.9. The van der Waals surface area contributed by atoms with E-state index >= 15 is 0 Å². The highest BCUT2D eigenvalue weighted by atomic mass is 16.5. The zero-order valence-corrected chi connectivity index (χ0v) is 11.4. The molecule has 1 amide bonds. The average molecular weight is 257 g/mol. The molecule has 1 aliphatic carbocycles. The Labute approximate surface area is 108 Å². The van der Waals surface area contributed by atoms with E-state index in [0.29, 0.717) is 19.4 Å². The molecular weight excluding hydrogens is 234 g/mol. The molecule has 0 saturated heterocycles. The molecule has 104 valence electrons. The standard InChI is InChI=1S/C13H23NO4/c1-13(2,18-3)8-14-11(15)9-6-4-5-7-10(9)12(16)17/h9-10H,4-8H2,1-3H3,(H,14,15)(H,16,17)/t9-,10+/m1/s1. The van der Waals surface area contributed by atoms with Crippen molar-refractivity contribution in [1.29, 1.82) is 0 Å². The van der Waals surface area contributed by atoms with Crippen LogP contribution >= 0.6 is 0 Å². The summed E-state index contributed by atoms with van der Waals surface area (Å²) in [6, 6.07) is 0. The summed E-state index contributed by atoms with van der Waals surface area (Å²) in [4.78, 5) is 23.2. The SMILES string of the molecule is COC(C)(C)CNC(=O)[C@@H]1CCCC[C@@H]1C(=O)O. The summed E-state index contributed by atoms with van der Waals surface area (Å²) in [5.41, 5.74) is -0.428. The molecule has 0 spiro atoms. The Morgan fingerprint density at radius 1 is 1.28 bits per heavy atom. The lowest BCUT2D eigenvalue weighted by Crippen LogP contribution is -2.45. The molecule has 0 unspecified atom stereocenters. The molecule has 0 radical (unpaired) electrons. The van der Waals surface area contributed by atoms with E-state index in [-0.39, 0.29) is 5.91 Å². The van der Waals surface area contributed by atoms with Gasteiger partial charge in [0, 0.05) is 13.7 Å². The van der Waals surface area contributed by atoms with Crippen molar-refractivity contribution in [2.75, 3.05) is 13.7 Å². The van der Waals surface area contributed by atoms with Crippen molar-refractivity contribution in [3.63, 3.8) is 0 Å². The van der Waals surface area contributed by atoms with E-state index in [1.165, 1.54) is 0 Å². The van der Waals surface area contributed by atoms with Gasteiger partial charge < -0.3 is 15.2 Å². The summed E-state index contributed by atoms with van der Waals surface area (Å²) >= 11 is 0. The third-order valence-corrected chi connectivity index (χ3v) is 3.66. The maximum atomic E-state index is 12.0. The highest BCUT2D eigenvalue weighted by Crippen LogP contribution is 2.30. The van der Waals surface area contributed by atoms with Crippen LogP contribution in [0.1, 0.15) is 39.5 Å². The summed E-state index contributed by atoms with van der Waals surface area (Å²) in [6.45, 7) is 4.15. The van der Waals surface area contributed by atoms with Crippen LogP contribution in [0.2, 0.25) is 0 Å². The van der Waals surface area contributed by atoms with E-state index in [1.54, 1.807) is 7.11 Å². The molecule has 0 heterocycles. The van der Waals surface area contributed by atoms with Gasteiger partial charge in [0.15, 0.2) is 0 Å². The van der Waals surface area contributed by atoms with Crippen LogP contribution in [0.5, 0.6) is 0 Å². The van der Waals surface area contributed by atoms with Crippen LogP contribution in [0.25, 0.3) is 0 Å². The third kappa shape index (κ3) is 3.98. The van der Waals surface area contributed by atoms with Crippen LogP contribution in [-0.2, 0) is 14.3 Å². The Morgan fingerprint density at radius 2 is 1.83 bits per heavy atom. The number of carboxylic acid groups (broad SMARTS) is 1. The highest BCUT2D eigenvalue weighted by molar-refractivity contribution is 5.84. The van der Waals surface area contributed by atoms with Gasteiger partial charge in [-0.25, -0.2) is 0 Å². The average Bonchev–Trinajstić information content (AvgIpc) is 2.36. The van der Waals surface area contributed by atoms with Gasteiger partial charge in [-0.3, -0.25) is 9.59 Å². The predicted molar refractivity (Wildman–Crippen MR) is 67.2 cm³/mol. The van der Waals surface area contributed by atoms with Gasteiger partial charge in [0.25, 0.3) is 0 Å². The topological polar surface area (TPSA) is 75.6 Å². The Balaban J connectivity index is 2.56. The van der Waals surface area contributed by atoms with Crippen LogP contribution in [-0.4, -0.2) is 36.2 Å². The first kappa shape index (κ1) is 15.0. The Hall–Kier alpha value is -1.10. The predicted octanol–water partition coefficient (Wildman–Crippen LogP) is 1.42. The van der Waals surface area contributed by atoms with Gasteiger partial charge in [-0.1, -0.05) is 12.8 Å². The Kier molecular flexibility index (Phi) is 5.14. The van der Waals surface area contributed by atoms with Crippen molar-refractivity contribution in [3.05, 3.63) is 0 Å². The minimum atomic E-state index is -0.860. The van der Waals surface area contributed by atoms with E-state index in [2.05, 4.69) is 5.32 Å². The molecule has 1 aliphatic rings. The van der Waals surface area contributed by atoms with Crippen LogP contribution in [0, 0.1) is 11.8 Å². The second-order valence-corrected chi connectivity index (χ2v) is 5.52. The van der Waals surface area contributed by atoms with Crippen molar-refractivity contribution < 1.29 is 19.4 Å². The maximum absolute atomic E-state index is 12.0. The fourth-order valence-electron chi connectivity index (χ4n) is 2.24. The van der Waals surface area contributed by atoms with Gasteiger partial charge in [-0.2, -0.15) is 0 Å². The zero-order valence-electron chi connectivity index (χ0n) is 11.4. The number of nitrogens with one attached hydrogen (secondary N) is 1. The molecule has 0 aromatic carbocycles. The van der Waals surface area contributed by atoms with E-state index in [4.69, 9.17) is 9.84 Å². The lowest BCUT2D eigenvalue weighted by Gasteiger charge is -2.29. The van der Waals surface area contributed by atoms with Crippen LogP contribution in [0.3, 0.4) is 0 Å². The van der Waals surface area contributed by atoms with Crippen molar-refractivity contribution in [2.24, 2.45) is 11.8 Å². The summed E-state index contributed by atoms with van der Waals surface area (Å²) in [5.74, 6) is -1.96. The van der Waals surface area contributed by atoms with Crippen LogP contribution < -0.4 is 5.32 Å². The smallest absolute Gasteiger partial charge is 0.307 e. The quantitative estimate of drug-likeness (QED) is 0.781. The van der Waals surface area contributed by atoms with Crippen molar-refractivity contribution in [3.8, 4) is 0 Å². The monoisotopic (exact) mass is 257 g/mol. The van der Waals surface area contributed by atoms with Crippen molar-refractivity contribution in [2.45, 2.75) is 45.1 Å². The first-order valence-corrected chi connectivity index (χ1v) is 6.43. The summed E-state index contributed by atoms with van der Waals surface area (Å²) < 4.78 is 5.22. The van der Waals surface area contributed by atoms with Crippen LogP contribution in [0.15, 0.2) is 0 Å². The van der Waals surface area contributed by atoms with E-state index in [0.717, 1.165) is 12.8 Å². The molecule has 0 aromatic rings. The Bertz CT molecular complexity index is 314. The van der Waals surface area contributed by atoms with Gasteiger partial charge in [-0.05, 0) is 26.7 Å². The first-order chi connectivity index (χ1) is 8.37. The molecule has 2 N–H and O–H groups in total. The number of carboxylic acids is 1. The molecule has 0 aromatic heterocycles. The molecule has 5 nitrogen and oxygen atoms in total. The Morgan fingerprint density at radius 3 is 2.33 bits per heavy atom. The van der Waals surface area contributed by atoms with Gasteiger partial charge in [-0.15, -0.1) is 0 Å². The molecule has 0 bridgehead atoms. The molecule has 1 fully saturated rings. The third-order valence-electron chi connectivity index (χ3n) is 3.66. The van der Waals surface area contributed by atoms with Gasteiger partial charge in [0.05, 0.1) is 17.4 Å². The maximum Gasteiger partial charge on any atom is 0.307 e. The van der Waals surface area contributed by atoms with E-state index in [9.17, 15) is 9.59 Å². The number of hydrogen-bond donors (Lipinski definition) is 2. The molecule has 1 rings (SSSR count). The number of ether oxygens (including phenoxy) is 1. The fourth-order valence-corrected chi connectivity index (χ4v) is 2.24. The highest BCUT2D eigenvalue weighted by Gasteiger charge is 2.36.